The number of benzene rings is 2. The number of nitro benzene ring substituents is 1. The van der Waals surface area contributed by atoms with Crippen LogP contribution in [0.1, 0.15) is 5.56 Å². The van der Waals surface area contributed by atoms with E-state index in [1.54, 1.807) is 0 Å². The molecule has 0 atom stereocenters. The first-order valence-corrected chi connectivity index (χ1v) is 7.16. The molecule has 2 aromatic carbocycles. The van der Waals surface area contributed by atoms with Gasteiger partial charge in [0, 0.05) is 16.8 Å². The van der Waals surface area contributed by atoms with Crippen molar-refractivity contribution in [2.75, 3.05) is 5.32 Å². The van der Waals surface area contributed by atoms with Crippen LogP contribution in [-0.4, -0.2) is 16.3 Å². The molecule has 0 radical (unpaired) electrons. The predicted molar refractivity (Wildman–Crippen MR) is 90.9 cm³/mol. The number of halogens is 2. The lowest BCUT2D eigenvalue weighted by Gasteiger charge is -2.11. The lowest BCUT2D eigenvalue weighted by molar-refractivity contribution is -0.398. The minimum atomic E-state index is -0.820. The second-order valence-corrected chi connectivity index (χ2v) is 5.28. The van der Waals surface area contributed by atoms with Gasteiger partial charge in [0.15, 0.2) is 5.11 Å². The van der Waals surface area contributed by atoms with Crippen molar-refractivity contribution in [2.45, 2.75) is 0 Å². The number of rotatable bonds is 4. The van der Waals surface area contributed by atoms with Crippen LogP contribution in [0, 0.1) is 15.9 Å². The zero-order chi connectivity index (χ0) is 17.7. The Balaban J connectivity index is 2.05. The molecular formula is C14H9ClFN4O3S-. The fraction of sp³-hybridized carbons (Fsp3) is 0. The van der Waals surface area contributed by atoms with Gasteiger partial charge in [0.1, 0.15) is 5.82 Å². The summed E-state index contributed by atoms with van der Waals surface area (Å²) in [5.41, 5.74) is 2.26. The SMILES string of the molecule is O=[N+]([O-])c1cc(Cl)cc(/C=N\NC(=S)Nc2ccc(F)cc2)c1[O-]. The fourth-order valence-corrected chi connectivity index (χ4v) is 2.08. The van der Waals surface area contributed by atoms with Crippen molar-refractivity contribution < 1.29 is 14.4 Å². The van der Waals surface area contributed by atoms with Crippen LogP contribution in [0.3, 0.4) is 0 Å². The Kier molecular flexibility index (Phi) is 5.61. The smallest absolute Gasteiger partial charge is 0.263 e. The zero-order valence-corrected chi connectivity index (χ0v) is 13.4. The summed E-state index contributed by atoms with van der Waals surface area (Å²) < 4.78 is 12.8. The van der Waals surface area contributed by atoms with E-state index in [1.807, 2.05) is 0 Å². The van der Waals surface area contributed by atoms with Crippen LogP contribution in [0.4, 0.5) is 15.8 Å². The van der Waals surface area contributed by atoms with Gasteiger partial charge in [-0.2, -0.15) is 5.10 Å². The number of nitro groups is 1. The van der Waals surface area contributed by atoms with E-state index in [4.69, 9.17) is 23.8 Å². The van der Waals surface area contributed by atoms with Crippen molar-refractivity contribution in [1.29, 1.82) is 0 Å². The lowest BCUT2D eigenvalue weighted by atomic mass is 10.2. The summed E-state index contributed by atoms with van der Waals surface area (Å²) in [7, 11) is 0. The number of hydrazone groups is 1. The van der Waals surface area contributed by atoms with E-state index in [2.05, 4.69) is 15.8 Å². The van der Waals surface area contributed by atoms with Crippen LogP contribution in [0.2, 0.25) is 5.02 Å². The second kappa shape index (κ2) is 7.66. The molecule has 0 bridgehead atoms. The van der Waals surface area contributed by atoms with Gasteiger partial charge in [-0.1, -0.05) is 11.6 Å². The standard InChI is InChI=1S/C14H10ClFN4O3S/c15-9-5-8(13(21)12(6-9)20(22)23)7-17-19-14(24)18-11-3-1-10(16)2-4-11/h1-7,21H,(H2,18,19,24)/p-1/b17-7-. The molecule has 0 aliphatic heterocycles. The van der Waals surface area contributed by atoms with E-state index in [9.17, 15) is 19.6 Å². The number of hydrogen-bond acceptors (Lipinski definition) is 5. The summed E-state index contributed by atoms with van der Waals surface area (Å²) in [6.07, 6.45) is 1.07. The highest BCUT2D eigenvalue weighted by molar-refractivity contribution is 7.80. The molecule has 0 aliphatic carbocycles. The summed E-state index contributed by atoms with van der Waals surface area (Å²) in [5, 5.41) is 29.2. The molecule has 2 aromatic rings. The van der Waals surface area contributed by atoms with E-state index in [1.165, 1.54) is 30.3 Å². The maximum absolute atomic E-state index is 12.8. The Morgan fingerprint density at radius 2 is 2.00 bits per heavy atom. The summed E-state index contributed by atoms with van der Waals surface area (Å²) in [6.45, 7) is 0. The van der Waals surface area contributed by atoms with Crippen molar-refractivity contribution in [3.63, 3.8) is 0 Å². The third-order valence-electron chi connectivity index (χ3n) is 2.73. The molecule has 124 valence electrons. The van der Waals surface area contributed by atoms with E-state index in [-0.39, 0.29) is 21.5 Å². The normalized spacial score (nSPS) is 10.6. The van der Waals surface area contributed by atoms with Gasteiger partial charge in [-0.25, -0.2) is 4.39 Å². The van der Waals surface area contributed by atoms with Crippen molar-refractivity contribution in [3.8, 4) is 5.75 Å². The number of thiocarbonyl (C=S) groups is 1. The van der Waals surface area contributed by atoms with Gasteiger partial charge in [0.25, 0.3) is 5.69 Å². The van der Waals surface area contributed by atoms with Gasteiger partial charge >= 0.3 is 0 Å². The third kappa shape index (κ3) is 4.61. The Morgan fingerprint density at radius 3 is 2.62 bits per heavy atom. The van der Waals surface area contributed by atoms with Crippen molar-refractivity contribution in [1.82, 2.24) is 5.43 Å². The molecule has 2 rings (SSSR count). The third-order valence-corrected chi connectivity index (χ3v) is 3.14. The molecule has 0 heterocycles. The number of nitrogens with one attached hydrogen (secondary N) is 2. The highest BCUT2D eigenvalue weighted by Gasteiger charge is 2.11. The van der Waals surface area contributed by atoms with Crippen molar-refractivity contribution >= 4 is 46.5 Å². The van der Waals surface area contributed by atoms with Crippen LogP contribution < -0.4 is 15.8 Å². The van der Waals surface area contributed by atoms with E-state index in [0.717, 1.165) is 12.3 Å². The Morgan fingerprint density at radius 1 is 1.33 bits per heavy atom. The van der Waals surface area contributed by atoms with Gasteiger partial charge < -0.3 is 10.4 Å². The molecule has 0 spiro atoms. The highest BCUT2D eigenvalue weighted by Crippen LogP contribution is 2.29. The summed E-state index contributed by atoms with van der Waals surface area (Å²) in [4.78, 5) is 9.94. The molecule has 0 aromatic heterocycles. The van der Waals surface area contributed by atoms with Crippen LogP contribution in [0.5, 0.6) is 5.75 Å². The molecule has 24 heavy (non-hydrogen) atoms. The first kappa shape index (κ1) is 17.6. The number of hydrogen-bond donors (Lipinski definition) is 2. The van der Waals surface area contributed by atoms with E-state index in [0.29, 0.717) is 5.69 Å². The minimum absolute atomic E-state index is 0.0368. The molecule has 0 saturated heterocycles. The Hall–Kier alpha value is -2.78. The van der Waals surface area contributed by atoms with Gasteiger partial charge in [-0.3, -0.25) is 15.5 Å². The number of nitrogens with zero attached hydrogens (tertiary/aromatic N) is 2. The second-order valence-electron chi connectivity index (χ2n) is 4.43. The molecule has 0 saturated carbocycles. The largest absolute Gasteiger partial charge is 0.867 e. The molecular weight excluding hydrogens is 359 g/mol. The quantitative estimate of drug-likeness (QED) is 0.373. The molecule has 2 N–H and O–H groups in total. The van der Waals surface area contributed by atoms with Gasteiger partial charge in [0.05, 0.1) is 11.1 Å². The van der Waals surface area contributed by atoms with Crippen LogP contribution in [0.25, 0.3) is 0 Å². The first-order chi connectivity index (χ1) is 11.4. The van der Waals surface area contributed by atoms with E-state index < -0.39 is 16.4 Å². The van der Waals surface area contributed by atoms with Gasteiger partial charge in [0.2, 0.25) is 0 Å². The van der Waals surface area contributed by atoms with Crippen LogP contribution in [-0.2, 0) is 0 Å². The topological polar surface area (TPSA) is 103 Å². The molecule has 7 nitrogen and oxygen atoms in total. The lowest BCUT2D eigenvalue weighted by Crippen LogP contribution is -2.23. The molecule has 0 unspecified atom stereocenters. The Labute approximate surface area is 145 Å². The van der Waals surface area contributed by atoms with Crippen molar-refractivity contribution in [3.05, 3.63) is 62.9 Å². The average molecular weight is 368 g/mol. The molecule has 0 amide bonds. The highest BCUT2D eigenvalue weighted by atomic mass is 35.5. The zero-order valence-electron chi connectivity index (χ0n) is 11.8. The van der Waals surface area contributed by atoms with Gasteiger partial charge in [-0.05, 0) is 53.9 Å². The average Bonchev–Trinajstić information content (AvgIpc) is 2.52. The predicted octanol–water partition coefficient (Wildman–Crippen LogP) is 2.78. The van der Waals surface area contributed by atoms with Crippen LogP contribution >= 0.6 is 23.8 Å². The maximum Gasteiger partial charge on any atom is 0.263 e. The molecule has 0 aliphatic rings. The number of anilines is 1. The van der Waals surface area contributed by atoms with E-state index >= 15 is 0 Å². The summed E-state index contributed by atoms with van der Waals surface area (Å²) in [5.74, 6) is -1.20. The molecule has 10 heteroatoms. The van der Waals surface area contributed by atoms with Crippen LogP contribution in [0.15, 0.2) is 41.5 Å². The summed E-state index contributed by atoms with van der Waals surface area (Å²) in [6, 6.07) is 7.67. The summed E-state index contributed by atoms with van der Waals surface area (Å²) >= 11 is 10.7. The minimum Gasteiger partial charge on any atom is -0.867 e. The van der Waals surface area contributed by atoms with Gasteiger partial charge in [-0.15, -0.1) is 0 Å². The monoisotopic (exact) mass is 367 g/mol. The fourth-order valence-electron chi connectivity index (χ4n) is 1.68. The first-order valence-electron chi connectivity index (χ1n) is 6.37. The van der Waals surface area contributed by atoms with Crippen molar-refractivity contribution in [2.24, 2.45) is 5.10 Å². The maximum atomic E-state index is 12.8. The Bertz CT molecular complexity index is 814. The molecule has 0 fully saturated rings.